The first-order valence-electron chi connectivity index (χ1n) is 7.56. The minimum Gasteiger partial charge on any atom is -0.375 e. The van der Waals surface area contributed by atoms with E-state index in [2.05, 4.69) is 50.1 Å². The van der Waals surface area contributed by atoms with Gasteiger partial charge in [0.1, 0.15) is 6.10 Å². The fourth-order valence-electron chi connectivity index (χ4n) is 2.42. The van der Waals surface area contributed by atoms with Gasteiger partial charge in [0.2, 0.25) is 0 Å². The fraction of sp³-hybridized carbons (Fsp3) is 0.750. The number of methoxy groups -OCH3 is 1. The van der Waals surface area contributed by atoms with Crippen LogP contribution in [0.1, 0.15) is 51.4 Å². The van der Waals surface area contributed by atoms with Crippen LogP contribution in [0.4, 0.5) is 0 Å². The van der Waals surface area contributed by atoms with Gasteiger partial charge in [-0.05, 0) is 70.4 Å². The van der Waals surface area contributed by atoms with E-state index in [4.69, 9.17) is 9.47 Å². The molecule has 0 unspecified atom stereocenters. The van der Waals surface area contributed by atoms with Crippen LogP contribution in [0.3, 0.4) is 0 Å². The van der Waals surface area contributed by atoms with Gasteiger partial charge < -0.3 is 9.47 Å². The Labute approximate surface area is 140 Å². The molecule has 1 rings (SSSR count). The number of unbranched alkanes of at least 4 members (excludes halogenated alkanes) is 5. The van der Waals surface area contributed by atoms with Crippen molar-refractivity contribution < 1.29 is 9.47 Å². The number of hydrogen-bond acceptors (Lipinski definition) is 2. The molecule has 2 atom stereocenters. The van der Waals surface area contributed by atoms with Crippen LogP contribution in [0, 0.1) is 0 Å². The molecule has 1 fully saturated rings. The lowest BCUT2D eigenvalue weighted by Gasteiger charge is -2.17. The Morgan fingerprint density at radius 2 is 2.00 bits per heavy atom. The summed E-state index contributed by atoms with van der Waals surface area (Å²) in [6.07, 6.45) is 16.7. The zero-order valence-corrected chi connectivity index (χ0v) is 15.5. The molecule has 4 heteroatoms. The molecule has 0 aromatic rings. The molecule has 1 aliphatic heterocycles. The van der Waals surface area contributed by atoms with Crippen LogP contribution in [0.25, 0.3) is 0 Å². The average molecular weight is 410 g/mol. The highest BCUT2D eigenvalue weighted by atomic mass is 79.9. The fourth-order valence-corrected chi connectivity index (χ4v) is 2.88. The molecule has 20 heavy (non-hydrogen) atoms. The molecule has 0 saturated carbocycles. The zero-order valence-electron chi connectivity index (χ0n) is 12.3. The second-order valence-corrected chi connectivity index (χ2v) is 7.94. The number of halogens is 2. The van der Waals surface area contributed by atoms with Gasteiger partial charge in [-0.2, -0.15) is 0 Å². The number of ether oxygens (including phenoxy) is 2. The van der Waals surface area contributed by atoms with Gasteiger partial charge >= 0.3 is 0 Å². The third-order valence-corrected chi connectivity index (χ3v) is 4.20. The molecule has 0 amide bonds. The molecule has 0 aromatic heterocycles. The average Bonchev–Trinajstić information content (AvgIpc) is 2.94. The van der Waals surface area contributed by atoms with Gasteiger partial charge in [0.05, 0.1) is 9.50 Å². The normalized spacial score (nSPS) is 20.4. The SMILES string of the molecule is CO[C@H](/C=C/CCCCCCC=C(Br)Br)[C@@H]1CCCO1. The predicted octanol–water partition coefficient (Wildman–Crippen LogP) is 5.71. The van der Waals surface area contributed by atoms with Crippen LogP contribution < -0.4 is 0 Å². The lowest BCUT2D eigenvalue weighted by Crippen LogP contribution is -2.25. The maximum absolute atomic E-state index is 5.66. The predicted molar refractivity (Wildman–Crippen MR) is 92.6 cm³/mol. The number of hydrogen-bond donors (Lipinski definition) is 0. The topological polar surface area (TPSA) is 18.5 Å². The summed E-state index contributed by atoms with van der Waals surface area (Å²) in [6, 6.07) is 0. The Bertz CT molecular complexity index is 293. The molecule has 116 valence electrons. The highest BCUT2D eigenvalue weighted by molar-refractivity contribution is 9.28. The van der Waals surface area contributed by atoms with Crippen molar-refractivity contribution in [3.8, 4) is 0 Å². The van der Waals surface area contributed by atoms with Crippen molar-refractivity contribution in [2.24, 2.45) is 0 Å². The lowest BCUT2D eigenvalue weighted by molar-refractivity contribution is -0.00176. The molecular formula is C16H26Br2O2. The molecule has 0 bridgehead atoms. The largest absolute Gasteiger partial charge is 0.375 e. The minimum absolute atomic E-state index is 0.138. The molecule has 0 spiro atoms. The van der Waals surface area contributed by atoms with Gasteiger partial charge in [0, 0.05) is 13.7 Å². The van der Waals surface area contributed by atoms with Gasteiger partial charge in [-0.25, -0.2) is 0 Å². The zero-order chi connectivity index (χ0) is 14.6. The lowest BCUT2D eigenvalue weighted by atomic mass is 10.1. The van der Waals surface area contributed by atoms with E-state index in [0.717, 1.165) is 35.7 Å². The van der Waals surface area contributed by atoms with Crippen LogP contribution >= 0.6 is 31.9 Å². The molecule has 0 aromatic carbocycles. The Kier molecular flexibility index (Phi) is 11.0. The first kappa shape index (κ1) is 18.4. The van der Waals surface area contributed by atoms with Crippen molar-refractivity contribution >= 4 is 31.9 Å². The van der Waals surface area contributed by atoms with E-state index in [0.29, 0.717) is 0 Å². The summed E-state index contributed by atoms with van der Waals surface area (Å²) in [7, 11) is 1.77. The summed E-state index contributed by atoms with van der Waals surface area (Å²) in [4.78, 5) is 0. The van der Waals surface area contributed by atoms with Crippen LogP contribution in [-0.2, 0) is 9.47 Å². The van der Waals surface area contributed by atoms with E-state index < -0.39 is 0 Å². The summed E-state index contributed by atoms with van der Waals surface area (Å²) in [5, 5.41) is 0. The summed E-state index contributed by atoms with van der Waals surface area (Å²) in [5.41, 5.74) is 0. The van der Waals surface area contributed by atoms with Gasteiger partial charge in [-0.1, -0.05) is 31.1 Å². The van der Waals surface area contributed by atoms with Crippen molar-refractivity contribution in [3.05, 3.63) is 21.6 Å². The van der Waals surface area contributed by atoms with E-state index in [1.807, 2.05) is 0 Å². The van der Waals surface area contributed by atoms with Crippen LogP contribution in [0.15, 0.2) is 21.6 Å². The second kappa shape index (κ2) is 12.0. The Hall–Kier alpha value is 0.360. The Morgan fingerprint density at radius 1 is 1.25 bits per heavy atom. The first-order valence-corrected chi connectivity index (χ1v) is 9.15. The molecule has 1 aliphatic rings. The molecule has 2 nitrogen and oxygen atoms in total. The molecule has 1 saturated heterocycles. The van der Waals surface area contributed by atoms with Crippen molar-refractivity contribution in [1.82, 2.24) is 0 Å². The second-order valence-electron chi connectivity index (χ2n) is 5.17. The van der Waals surface area contributed by atoms with Crippen molar-refractivity contribution in [1.29, 1.82) is 0 Å². The van der Waals surface area contributed by atoms with Gasteiger partial charge in [-0.15, -0.1) is 0 Å². The molecule has 0 aliphatic carbocycles. The Morgan fingerprint density at radius 3 is 2.60 bits per heavy atom. The highest BCUT2D eigenvalue weighted by Crippen LogP contribution is 2.19. The van der Waals surface area contributed by atoms with Crippen molar-refractivity contribution in [2.45, 2.75) is 63.6 Å². The third kappa shape index (κ3) is 8.60. The van der Waals surface area contributed by atoms with E-state index in [-0.39, 0.29) is 12.2 Å². The van der Waals surface area contributed by atoms with Gasteiger partial charge in [0.15, 0.2) is 0 Å². The molecule has 0 N–H and O–H groups in total. The summed E-state index contributed by atoms with van der Waals surface area (Å²) < 4.78 is 12.2. The first-order chi connectivity index (χ1) is 9.74. The monoisotopic (exact) mass is 408 g/mol. The van der Waals surface area contributed by atoms with Crippen LogP contribution in [-0.4, -0.2) is 25.9 Å². The number of allylic oxidation sites excluding steroid dienone is 2. The summed E-state index contributed by atoms with van der Waals surface area (Å²) in [5.74, 6) is 0. The van der Waals surface area contributed by atoms with Crippen LogP contribution in [0.2, 0.25) is 0 Å². The van der Waals surface area contributed by atoms with E-state index in [1.165, 1.54) is 25.7 Å². The number of rotatable bonds is 10. The third-order valence-electron chi connectivity index (χ3n) is 3.55. The van der Waals surface area contributed by atoms with E-state index in [1.54, 1.807) is 7.11 Å². The maximum Gasteiger partial charge on any atom is 0.101 e. The Balaban J connectivity index is 2.01. The van der Waals surface area contributed by atoms with Gasteiger partial charge in [0.25, 0.3) is 0 Å². The van der Waals surface area contributed by atoms with Gasteiger partial charge in [-0.3, -0.25) is 0 Å². The van der Waals surface area contributed by atoms with Crippen LogP contribution in [0.5, 0.6) is 0 Å². The quantitative estimate of drug-likeness (QED) is 0.340. The molecule has 0 radical (unpaired) electrons. The van der Waals surface area contributed by atoms with Crippen molar-refractivity contribution in [2.75, 3.05) is 13.7 Å². The van der Waals surface area contributed by atoms with Crippen molar-refractivity contribution in [3.63, 3.8) is 0 Å². The minimum atomic E-state index is 0.138. The summed E-state index contributed by atoms with van der Waals surface area (Å²) in [6.45, 7) is 0.886. The van der Waals surface area contributed by atoms with E-state index >= 15 is 0 Å². The highest BCUT2D eigenvalue weighted by Gasteiger charge is 2.23. The maximum atomic E-state index is 5.66. The molecule has 1 heterocycles. The standard InChI is InChI=1S/C16H26Br2O2/c1-19-14(15-11-9-13-20-15)10-7-5-3-2-4-6-8-12-16(17)18/h7,10,12,14-15H,2-6,8-9,11,13H2,1H3/b10-7+/t14-,15+/m1/s1. The van der Waals surface area contributed by atoms with E-state index in [9.17, 15) is 0 Å². The smallest absolute Gasteiger partial charge is 0.101 e. The summed E-state index contributed by atoms with van der Waals surface area (Å²) >= 11 is 6.74. The molecular weight excluding hydrogens is 384 g/mol.